The molecule has 2 aromatic carbocycles. The van der Waals surface area contributed by atoms with Crippen LogP contribution >= 0.6 is 11.6 Å². The minimum absolute atomic E-state index is 0.106. The van der Waals surface area contributed by atoms with Crippen LogP contribution in [0.25, 0.3) is 11.0 Å². The summed E-state index contributed by atoms with van der Waals surface area (Å²) in [5.74, 6) is -0.230. The molecule has 0 bridgehead atoms. The van der Waals surface area contributed by atoms with Crippen LogP contribution in [-0.2, 0) is 9.59 Å². The number of amides is 3. The highest BCUT2D eigenvalue weighted by Gasteiger charge is 2.48. The highest BCUT2D eigenvalue weighted by atomic mass is 35.5. The van der Waals surface area contributed by atoms with Crippen LogP contribution in [0.5, 0.6) is 0 Å². The van der Waals surface area contributed by atoms with Crippen molar-refractivity contribution in [1.29, 1.82) is 0 Å². The lowest BCUT2D eigenvalue weighted by molar-refractivity contribution is -0.145. The van der Waals surface area contributed by atoms with E-state index in [-0.39, 0.29) is 41.0 Å². The van der Waals surface area contributed by atoms with Crippen LogP contribution in [-0.4, -0.2) is 47.8 Å². The van der Waals surface area contributed by atoms with Gasteiger partial charge in [0, 0.05) is 29.7 Å². The highest BCUT2D eigenvalue weighted by Crippen LogP contribution is 2.46. The first kappa shape index (κ1) is 36.2. The van der Waals surface area contributed by atoms with Crippen molar-refractivity contribution in [1.82, 2.24) is 15.5 Å². The number of piperidine rings is 1. The third-order valence-electron chi connectivity index (χ3n) is 9.39. The highest BCUT2D eigenvalue weighted by molar-refractivity contribution is 6.30. The fourth-order valence-electron chi connectivity index (χ4n) is 6.63. The van der Waals surface area contributed by atoms with E-state index in [4.69, 9.17) is 16.0 Å². The van der Waals surface area contributed by atoms with Gasteiger partial charge in [0.15, 0.2) is 11.2 Å². The van der Waals surface area contributed by atoms with Crippen LogP contribution in [0.1, 0.15) is 107 Å². The zero-order chi connectivity index (χ0) is 34.4. The number of carbonyl (C=O) groups excluding carboxylic acids is 3. The fourth-order valence-corrected chi connectivity index (χ4v) is 6.76. The number of benzene rings is 2. The molecule has 1 aliphatic heterocycles. The number of hydrogen-bond acceptors (Lipinski definition) is 5. The minimum Gasteiger partial charge on any atom is -0.451 e. The zero-order valence-corrected chi connectivity index (χ0v) is 29.5. The van der Waals surface area contributed by atoms with Gasteiger partial charge in [-0.25, -0.2) is 0 Å². The Morgan fingerprint density at radius 2 is 1.62 bits per heavy atom. The number of rotatable bonds is 6. The standard InChI is InChI=1S/C31H43N3O5.C7H7Cl/c1-20(2)21-11-12-25-23(17-21)24(35)18-26(39-25)28(37)32-19-27(36)34-15-13-31(14-16-34,22-9-7-6-8-10-22)29(38)33-30(3,4)5;1-6-2-4-7(8)5-3-6/h11-12,17-18,20,22H,6-10,13-16,19H2,1-5H3,(H,32,37)(H,33,38);2-5H,1H3. The maximum atomic E-state index is 13.5. The molecule has 2 N–H and O–H groups in total. The molecule has 1 aliphatic carbocycles. The van der Waals surface area contributed by atoms with Crippen molar-refractivity contribution in [3.05, 3.63) is 80.7 Å². The predicted octanol–water partition coefficient (Wildman–Crippen LogP) is 7.40. The second-order valence-corrected chi connectivity index (χ2v) is 14.9. The van der Waals surface area contributed by atoms with E-state index in [9.17, 15) is 19.2 Å². The summed E-state index contributed by atoms with van der Waals surface area (Å²) in [5.41, 5.74) is 1.53. The Labute approximate surface area is 283 Å². The molecule has 0 atom stereocenters. The van der Waals surface area contributed by atoms with Crippen molar-refractivity contribution in [2.45, 2.75) is 97.9 Å². The summed E-state index contributed by atoms with van der Waals surface area (Å²) in [7, 11) is 0. The Balaban J connectivity index is 0.000000546. The Morgan fingerprint density at radius 3 is 2.19 bits per heavy atom. The summed E-state index contributed by atoms with van der Waals surface area (Å²) in [6, 6.07) is 14.3. The van der Waals surface area contributed by atoms with Gasteiger partial charge in [0.1, 0.15) is 5.58 Å². The van der Waals surface area contributed by atoms with Crippen LogP contribution in [0.3, 0.4) is 0 Å². The predicted molar refractivity (Wildman–Crippen MR) is 188 cm³/mol. The van der Waals surface area contributed by atoms with Crippen molar-refractivity contribution in [2.75, 3.05) is 19.6 Å². The average molecular weight is 664 g/mol. The quantitative estimate of drug-likeness (QED) is 0.286. The molecular formula is C38H50ClN3O5. The van der Waals surface area contributed by atoms with Gasteiger partial charge in [0.25, 0.3) is 5.91 Å². The number of likely N-dealkylation sites (tertiary alicyclic amines) is 1. The summed E-state index contributed by atoms with van der Waals surface area (Å²) in [4.78, 5) is 53.7. The Morgan fingerprint density at radius 1 is 0.979 bits per heavy atom. The molecule has 1 aromatic heterocycles. The Hall–Kier alpha value is -3.65. The topological polar surface area (TPSA) is 109 Å². The molecule has 1 saturated carbocycles. The molecule has 0 unspecified atom stereocenters. The van der Waals surface area contributed by atoms with Crippen molar-refractivity contribution in [3.63, 3.8) is 0 Å². The van der Waals surface area contributed by atoms with E-state index in [2.05, 4.69) is 10.6 Å². The van der Waals surface area contributed by atoms with Gasteiger partial charge >= 0.3 is 0 Å². The Kier molecular flexibility index (Phi) is 11.9. The first-order valence-corrected chi connectivity index (χ1v) is 17.2. The molecule has 3 amide bonds. The normalized spacial score (nSPS) is 16.7. The van der Waals surface area contributed by atoms with E-state index in [0.29, 0.717) is 42.8 Å². The molecule has 47 heavy (non-hydrogen) atoms. The van der Waals surface area contributed by atoms with E-state index < -0.39 is 11.3 Å². The first-order valence-electron chi connectivity index (χ1n) is 16.9. The molecule has 5 rings (SSSR count). The molecule has 2 heterocycles. The third-order valence-corrected chi connectivity index (χ3v) is 9.64. The summed E-state index contributed by atoms with van der Waals surface area (Å²) in [6.07, 6.45) is 6.86. The lowest BCUT2D eigenvalue weighted by Crippen LogP contribution is -2.57. The first-order chi connectivity index (χ1) is 22.2. The summed E-state index contributed by atoms with van der Waals surface area (Å²) < 4.78 is 5.70. The van der Waals surface area contributed by atoms with E-state index in [1.54, 1.807) is 17.0 Å². The number of nitrogens with zero attached hydrogens (tertiary/aromatic N) is 1. The van der Waals surface area contributed by atoms with E-state index in [1.807, 2.05) is 71.9 Å². The van der Waals surface area contributed by atoms with Gasteiger partial charge in [-0.3, -0.25) is 19.2 Å². The molecule has 0 spiro atoms. The van der Waals surface area contributed by atoms with Gasteiger partial charge < -0.3 is 20.0 Å². The van der Waals surface area contributed by atoms with Crippen LogP contribution in [0.2, 0.25) is 5.02 Å². The minimum atomic E-state index is -0.603. The van der Waals surface area contributed by atoms with E-state index in [0.717, 1.165) is 36.3 Å². The number of hydrogen-bond donors (Lipinski definition) is 2. The number of aryl methyl sites for hydroxylation is 1. The molecule has 0 radical (unpaired) electrons. The van der Waals surface area contributed by atoms with Gasteiger partial charge in [-0.15, -0.1) is 0 Å². The zero-order valence-electron chi connectivity index (χ0n) is 28.7. The summed E-state index contributed by atoms with van der Waals surface area (Å²) >= 11 is 5.61. The summed E-state index contributed by atoms with van der Waals surface area (Å²) in [6.45, 7) is 12.9. The van der Waals surface area contributed by atoms with Crippen LogP contribution < -0.4 is 16.1 Å². The fraction of sp³-hybridized carbons (Fsp3) is 0.526. The van der Waals surface area contributed by atoms with Crippen molar-refractivity contribution in [2.24, 2.45) is 11.3 Å². The number of nitrogens with one attached hydrogen (secondary N) is 2. The monoisotopic (exact) mass is 663 g/mol. The maximum Gasteiger partial charge on any atom is 0.287 e. The van der Waals surface area contributed by atoms with Crippen LogP contribution in [0.15, 0.2) is 57.7 Å². The molecule has 254 valence electrons. The third kappa shape index (κ3) is 9.47. The molecule has 3 aromatic rings. The number of fused-ring (bicyclic) bond motifs is 1. The molecule has 1 saturated heterocycles. The van der Waals surface area contributed by atoms with Crippen molar-refractivity contribution in [3.8, 4) is 0 Å². The molecular weight excluding hydrogens is 614 g/mol. The molecule has 8 nitrogen and oxygen atoms in total. The molecule has 2 fully saturated rings. The van der Waals surface area contributed by atoms with Crippen molar-refractivity contribution >= 4 is 40.3 Å². The average Bonchev–Trinajstić information content (AvgIpc) is 3.04. The number of halogens is 1. The SMILES string of the molecule is CC(C)c1ccc2oc(C(=O)NCC(=O)N3CCC(C(=O)NC(C)(C)C)(C4CCCCC4)CC3)cc(=O)c2c1.Cc1ccc(Cl)cc1. The van der Waals surface area contributed by atoms with E-state index >= 15 is 0 Å². The lowest BCUT2D eigenvalue weighted by Gasteiger charge is -2.47. The largest absolute Gasteiger partial charge is 0.451 e. The summed E-state index contributed by atoms with van der Waals surface area (Å²) in [5, 5.41) is 7.06. The molecule has 9 heteroatoms. The number of carbonyl (C=O) groups is 3. The lowest BCUT2D eigenvalue weighted by atomic mass is 9.63. The van der Waals surface area contributed by atoms with Gasteiger partial charge in [-0.2, -0.15) is 0 Å². The second kappa shape index (κ2) is 15.5. The van der Waals surface area contributed by atoms with Gasteiger partial charge in [-0.1, -0.05) is 68.5 Å². The smallest absolute Gasteiger partial charge is 0.287 e. The molecule has 2 aliphatic rings. The Bertz CT molecular complexity index is 1590. The van der Waals surface area contributed by atoms with Crippen LogP contribution in [0.4, 0.5) is 0 Å². The van der Waals surface area contributed by atoms with Gasteiger partial charge in [0.05, 0.1) is 17.3 Å². The second-order valence-electron chi connectivity index (χ2n) is 14.4. The van der Waals surface area contributed by atoms with E-state index in [1.165, 1.54) is 18.1 Å². The van der Waals surface area contributed by atoms with Gasteiger partial charge in [-0.05, 0) is 95.0 Å². The maximum absolute atomic E-state index is 13.5. The van der Waals surface area contributed by atoms with Crippen LogP contribution in [0, 0.1) is 18.3 Å². The van der Waals surface area contributed by atoms with Crippen molar-refractivity contribution < 1.29 is 18.8 Å². The van der Waals surface area contributed by atoms with Gasteiger partial charge in [0.2, 0.25) is 11.8 Å².